The lowest BCUT2D eigenvalue weighted by molar-refractivity contribution is -0.134. The molecule has 0 saturated heterocycles. The number of thiazole rings is 1. The third kappa shape index (κ3) is 3.52. The fourth-order valence-corrected chi connectivity index (χ4v) is 3.43. The molecule has 0 aliphatic rings. The second-order valence-corrected chi connectivity index (χ2v) is 7.04. The van der Waals surface area contributed by atoms with Crippen LogP contribution in [0, 0.1) is 6.92 Å². The van der Waals surface area contributed by atoms with Gasteiger partial charge in [-0.15, -0.1) is 0 Å². The first-order valence-corrected chi connectivity index (χ1v) is 8.58. The molecular formula is C17H17F3N4OS. The number of nitrogens with zero attached hydrogens (tertiary/aromatic N) is 3. The van der Waals surface area contributed by atoms with Crippen LogP contribution in [0.25, 0.3) is 4.96 Å². The van der Waals surface area contributed by atoms with Crippen molar-refractivity contribution in [1.82, 2.24) is 14.7 Å². The predicted molar refractivity (Wildman–Crippen MR) is 94.7 cm³/mol. The number of imidazole rings is 1. The zero-order valence-electron chi connectivity index (χ0n) is 14.4. The van der Waals surface area contributed by atoms with Crippen molar-refractivity contribution in [2.45, 2.75) is 19.6 Å². The minimum absolute atomic E-state index is 0.122. The molecule has 1 N–H and O–H groups in total. The normalized spacial score (nSPS) is 11.8. The molecule has 1 aromatic carbocycles. The van der Waals surface area contributed by atoms with Crippen LogP contribution in [0.3, 0.4) is 0 Å². The number of aryl methyl sites for hydroxylation is 1. The molecule has 0 atom stereocenters. The molecule has 1 amide bonds. The average Bonchev–Trinajstić information content (AvgIpc) is 3.09. The van der Waals surface area contributed by atoms with E-state index in [1.54, 1.807) is 6.92 Å². The Labute approximate surface area is 152 Å². The molecule has 9 heteroatoms. The lowest BCUT2D eigenvalue weighted by Crippen LogP contribution is -2.25. The molecule has 0 fully saturated rings. The molecule has 0 bridgehead atoms. The number of carbonyl (C=O) groups excluding carboxylic acids is 1. The van der Waals surface area contributed by atoms with Gasteiger partial charge in [-0.1, -0.05) is 23.5 Å². The van der Waals surface area contributed by atoms with Gasteiger partial charge >= 0.3 is 6.18 Å². The number of amides is 1. The molecule has 0 aliphatic heterocycles. The highest BCUT2D eigenvalue weighted by molar-refractivity contribution is 7.17. The van der Waals surface area contributed by atoms with Crippen LogP contribution in [0.4, 0.5) is 18.9 Å². The second-order valence-electron chi connectivity index (χ2n) is 6.04. The Balaban J connectivity index is 1.79. The molecule has 0 radical (unpaired) electrons. The van der Waals surface area contributed by atoms with Crippen LogP contribution < -0.4 is 10.2 Å². The van der Waals surface area contributed by atoms with Gasteiger partial charge in [0.05, 0.1) is 5.69 Å². The second kappa shape index (κ2) is 6.64. The van der Waals surface area contributed by atoms with E-state index in [1.165, 1.54) is 4.40 Å². The number of aromatic nitrogens is 2. The Hall–Kier alpha value is -2.55. The van der Waals surface area contributed by atoms with E-state index in [4.69, 9.17) is 0 Å². The summed E-state index contributed by atoms with van der Waals surface area (Å²) in [6.45, 7) is 1.88. The van der Waals surface area contributed by atoms with Crippen molar-refractivity contribution in [3.8, 4) is 0 Å². The van der Waals surface area contributed by atoms with E-state index >= 15 is 0 Å². The van der Waals surface area contributed by atoms with Gasteiger partial charge in [0.15, 0.2) is 4.96 Å². The zero-order chi connectivity index (χ0) is 19.1. The van der Waals surface area contributed by atoms with Crippen LogP contribution in [0.1, 0.15) is 26.6 Å². The topological polar surface area (TPSA) is 49.6 Å². The highest BCUT2D eigenvalue weighted by Gasteiger charge is 2.34. The largest absolute Gasteiger partial charge is 0.427 e. The Morgan fingerprint density at radius 1 is 1.27 bits per heavy atom. The van der Waals surface area contributed by atoms with Crippen molar-refractivity contribution in [2.75, 3.05) is 19.0 Å². The number of hydrogen-bond acceptors (Lipinski definition) is 4. The van der Waals surface area contributed by atoms with Gasteiger partial charge in [-0.05, 0) is 24.6 Å². The maximum Gasteiger partial charge on any atom is 0.427 e. The quantitative estimate of drug-likeness (QED) is 0.748. The third-order valence-electron chi connectivity index (χ3n) is 3.90. The van der Waals surface area contributed by atoms with E-state index in [0.717, 1.165) is 17.4 Å². The number of halogens is 3. The fourth-order valence-electron chi connectivity index (χ4n) is 2.54. The number of hydrogen-bond donors (Lipinski definition) is 1. The van der Waals surface area contributed by atoms with Crippen LogP contribution in [0.15, 0.2) is 30.5 Å². The van der Waals surface area contributed by atoms with E-state index in [-0.39, 0.29) is 17.2 Å². The Morgan fingerprint density at radius 3 is 2.50 bits per heavy atom. The fraction of sp³-hybridized carbons (Fsp3) is 0.294. The van der Waals surface area contributed by atoms with Crippen molar-refractivity contribution >= 4 is 27.9 Å². The summed E-state index contributed by atoms with van der Waals surface area (Å²) in [5, 5.41) is 2.74. The molecule has 0 aliphatic carbocycles. The van der Waals surface area contributed by atoms with Crippen LogP contribution in [-0.2, 0) is 12.7 Å². The highest BCUT2D eigenvalue weighted by Crippen LogP contribution is 2.35. The average molecular weight is 382 g/mol. The zero-order valence-corrected chi connectivity index (χ0v) is 15.2. The number of benzene rings is 1. The summed E-state index contributed by atoms with van der Waals surface area (Å²) in [6, 6.07) is 7.64. The summed E-state index contributed by atoms with van der Waals surface area (Å²) in [7, 11) is 3.86. The van der Waals surface area contributed by atoms with E-state index in [0.29, 0.717) is 17.0 Å². The van der Waals surface area contributed by atoms with Crippen molar-refractivity contribution in [2.24, 2.45) is 0 Å². The molecular weight excluding hydrogens is 365 g/mol. The SMILES string of the molecule is Cc1nc2sc(C(F)(F)F)cn2c1C(=O)NCc1ccc(N(C)C)cc1. The maximum absolute atomic E-state index is 12.9. The van der Waals surface area contributed by atoms with Gasteiger partial charge in [-0.2, -0.15) is 13.2 Å². The molecule has 26 heavy (non-hydrogen) atoms. The molecule has 0 spiro atoms. The van der Waals surface area contributed by atoms with Crippen molar-refractivity contribution in [3.63, 3.8) is 0 Å². The van der Waals surface area contributed by atoms with Crippen LogP contribution in [0.2, 0.25) is 0 Å². The number of nitrogens with one attached hydrogen (secondary N) is 1. The molecule has 0 unspecified atom stereocenters. The third-order valence-corrected chi connectivity index (χ3v) is 4.93. The molecule has 3 rings (SSSR count). The van der Waals surface area contributed by atoms with Gasteiger partial charge in [-0.25, -0.2) is 4.98 Å². The van der Waals surface area contributed by atoms with Crippen molar-refractivity contribution in [3.05, 3.63) is 52.3 Å². The van der Waals surface area contributed by atoms with E-state index in [2.05, 4.69) is 10.3 Å². The molecule has 2 heterocycles. The lowest BCUT2D eigenvalue weighted by atomic mass is 10.2. The Bertz CT molecular complexity index is 941. The van der Waals surface area contributed by atoms with Gasteiger partial charge in [-0.3, -0.25) is 9.20 Å². The first-order chi connectivity index (χ1) is 12.2. The van der Waals surface area contributed by atoms with Crippen molar-refractivity contribution < 1.29 is 18.0 Å². The predicted octanol–water partition coefficient (Wildman–Crippen LogP) is 3.72. The number of anilines is 1. The summed E-state index contributed by atoms with van der Waals surface area (Å²) in [4.78, 5) is 17.9. The summed E-state index contributed by atoms with van der Waals surface area (Å²) < 4.78 is 39.8. The number of alkyl halides is 3. The standard InChI is InChI=1S/C17H17F3N4OS/c1-10-14(24-9-13(17(18,19)20)26-16(24)22-10)15(25)21-8-11-4-6-12(7-5-11)23(2)3/h4-7,9H,8H2,1-3H3,(H,21,25). The van der Waals surface area contributed by atoms with Crippen LogP contribution in [0.5, 0.6) is 0 Å². The van der Waals surface area contributed by atoms with E-state index < -0.39 is 17.0 Å². The Kier molecular flexibility index (Phi) is 4.66. The van der Waals surface area contributed by atoms with Gasteiger partial charge in [0.1, 0.15) is 10.6 Å². The van der Waals surface area contributed by atoms with Gasteiger partial charge < -0.3 is 10.2 Å². The molecule has 2 aromatic heterocycles. The van der Waals surface area contributed by atoms with Gasteiger partial charge in [0, 0.05) is 32.5 Å². The smallest absolute Gasteiger partial charge is 0.378 e. The summed E-state index contributed by atoms with van der Waals surface area (Å²) in [6.07, 6.45) is -3.54. The number of rotatable bonds is 4. The minimum Gasteiger partial charge on any atom is -0.378 e. The summed E-state index contributed by atoms with van der Waals surface area (Å²) in [5.74, 6) is -0.460. The monoisotopic (exact) mass is 382 g/mol. The molecule has 3 aromatic rings. The first-order valence-electron chi connectivity index (χ1n) is 7.77. The summed E-state index contributed by atoms with van der Waals surface area (Å²) >= 11 is 0.518. The molecule has 5 nitrogen and oxygen atoms in total. The van der Waals surface area contributed by atoms with Crippen molar-refractivity contribution in [1.29, 1.82) is 0 Å². The lowest BCUT2D eigenvalue weighted by Gasteiger charge is -2.13. The van der Waals surface area contributed by atoms with Crippen LogP contribution >= 0.6 is 11.3 Å². The minimum atomic E-state index is -4.46. The maximum atomic E-state index is 12.9. The first kappa shape index (κ1) is 18.2. The Morgan fingerprint density at radius 2 is 1.92 bits per heavy atom. The van der Waals surface area contributed by atoms with E-state index in [9.17, 15) is 18.0 Å². The number of carbonyl (C=O) groups is 1. The van der Waals surface area contributed by atoms with Crippen LogP contribution in [-0.4, -0.2) is 29.4 Å². The van der Waals surface area contributed by atoms with Gasteiger partial charge in [0.25, 0.3) is 5.91 Å². The summed E-state index contributed by atoms with van der Waals surface area (Å²) in [5.41, 5.74) is 2.44. The van der Waals surface area contributed by atoms with Gasteiger partial charge in [0.2, 0.25) is 0 Å². The molecule has 0 saturated carbocycles. The number of fused-ring (bicyclic) bond motifs is 1. The van der Waals surface area contributed by atoms with E-state index in [1.807, 2.05) is 43.3 Å². The highest BCUT2D eigenvalue weighted by atomic mass is 32.1. The molecule has 138 valence electrons.